The zero-order valence-electron chi connectivity index (χ0n) is 16.7. The van der Waals surface area contributed by atoms with Crippen LogP contribution in [0.2, 0.25) is 10.0 Å². The SMILES string of the molecule is CC.CN.O=Cc1cc(Cl)c(OCC2CCCN2c2ccc(Cl)c(F)c2)cc1F. The number of rotatable bonds is 5. The molecular weight excluding hydrogens is 421 g/mol. The van der Waals surface area contributed by atoms with Crippen molar-refractivity contribution < 1.29 is 18.3 Å². The predicted molar refractivity (Wildman–Crippen MR) is 116 cm³/mol. The Kier molecular flexibility index (Phi) is 10.9. The van der Waals surface area contributed by atoms with Crippen molar-refractivity contribution in [2.24, 2.45) is 5.73 Å². The first-order chi connectivity index (χ1) is 14.0. The smallest absolute Gasteiger partial charge is 0.153 e. The van der Waals surface area contributed by atoms with E-state index in [0.717, 1.165) is 31.1 Å². The Morgan fingerprint density at radius 3 is 2.45 bits per heavy atom. The number of nitrogens with zero attached hydrogens (tertiary/aromatic N) is 1. The minimum absolute atomic E-state index is 0.00505. The van der Waals surface area contributed by atoms with Crippen LogP contribution >= 0.6 is 23.2 Å². The number of hydrogen-bond acceptors (Lipinski definition) is 4. The lowest BCUT2D eigenvalue weighted by Crippen LogP contribution is -2.34. The number of carbonyl (C=O) groups excluding carboxylic acids is 1. The second-order valence-corrected chi connectivity index (χ2v) is 6.64. The molecule has 3 rings (SSSR count). The van der Waals surface area contributed by atoms with Gasteiger partial charge in [-0.25, -0.2) is 8.78 Å². The van der Waals surface area contributed by atoms with Crippen molar-refractivity contribution in [2.75, 3.05) is 25.1 Å². The van der Waals surface area contributed by atoms with Crippen molar-refractivity contribution in [2.45, 2.75) is 32.7 Å². The summed E-state index contributed by atoms with van der Waals surface area (Å²) in [4.78, 5) is 12.8. The topological polar surface area (TPSA) is 55.6 Å². The quantitative estimate of drug-likeness (QED) is 0.595. The van der Waals surface area contributed by atoms with E-state index in [-0.39, 0.29) is 34.0 Å². The number of nitrogens with two attached hydrogens (primary N) is 1. The summed E-state index contributed by atoms with van der Waals surface area (Å²) in [5.41, 5.74) is 5.11. The van der Waals surface area contributed by atoms with Crippen LogP contribution in [0, 0.1) is 11.6 Å². The monoisotopic (exact) mass is 446 g/mol. The molecule has 1 aliphatic heterocycles. The first-order valence-electron chi connectivity index (χ1n) is 9.36. The summed E-state index contributed by atoms with van der Waals surface area (Å²) in [6.45, 7) is 5.03. The van der Waals surface area contributed by atoms with Crippen LogP contribution in [-0.2, 0) is 0 Å². The molecule has 2 aromatic carbocycles. The fraction of sp³-hybridized carbons (Fsp3) is 0.381. The first kappa shape index (κ1) is 25.1. The largest absolute Gasteiger partial charge is 0.490 e. The van der Waals surface area contributed by atoms with Crippen LogP contribution in [0.5, 0.6) is 5.75 Å². The number of anilines is 1. The Bertz CT molecular complexity index is 806. The number of hydrogen-bond donors (Lipinski definition) is 1. The molecule has 0 saturated carbocycles. The standard InChI is InChI=1S/C18H15Cl2F2NO2.C2H6.CH5N/c19-14-4-3-12(7-17(14)22)23-5-1-2-13(23)10-25-18-8-16(21)11(9-24)6-15(18)20;2*1-2/h3-4,6-9,13H,1-2,5,10H2;1-2H3;2H2,1H3. The molecule has 0 radical (unpaired) electrons. The second kappa shape index (κ2) is 12.6. The summed E-state index contributed by atoms with van der Waals surface area (Å²) in [5, 5.41) is 0.249. The Labute approximate surface area is 180 Å². The zero-order chi connectivity index (χ0) is 22.0. The highest BCUT2D eigenvalue weighted by atomic mass is 35.5. The molecule has 4 nitrogen and oxygen atoms in total. The molecule has 0 aliphatic carbocycles. The molecule has 1 atom stereocenters. The Balaban J connectivity index is 0.000000989. The third-order valence-electron chi connectivity index (χ3n) is 4.22. The van der Waals surface area contributed by atoms with Crippen LogP contribution in [0.4, 0.5) is 14.5 Å². The molecule has 160 valence electrons. The van der Waals surface area contributed by atoms with E-state index in [2.05, 4.69) is 5.73 Å². The summed E-state index contributed by atoms with van der Waals surface area (Å²) >= 11 is 11.8. The highest BCUT2D eigenvalue weighted by Crippen LogP contribution is 2.31. The van der Waals surface area contributed by atoms with E-state index < -0.39 is 11.6 Å². The van der Waals surface area contributed by atoms with Gasteiger partial charge in [0, 0.05) is 18.3 Å². The summed E-state index contributed by atoms with van der Waals surface area (Å²) in [5.74, 6) is -0.975. The van der Waals surface area contributed by atoms with E-state index in [1.165, 1.54) is 25.2 Å². The average Bonchev–Trinajstić information content (AvgIpc) is 3.22. The fourth-order valence-corrected chi connectivity index (χ4v) is 3.29. The molecule has 0 spiro atoms. The van der Waals surface area contributed by atoms with E-state index in [9.17, 15) is 13.6 Å². The molecule has 8 heteroatoms. The lowest BCUT2D eigenvalue weighted by Gasteiger charge is -2.27. The molecular formula is C21H26Cl2F2N2O2. The second-order valence-electron chi connectivity index (χ2n) is 5.82. The molecule has 0 aromatic heterocycles. The summed E-state index contributed by atoms with van der Waals surface area (Å²) in [6, 6.07) is 7.02. The van der Waals surface area contributed by atoms with Crippen molar-refractivity contribution >= 4 is 35.2 Å². The van der Waals surface area contributed by atoms with Crippen molar-refractivity contribution in [1.29, 1.82) is 0 Å². The molecule has 29 heavy (non-hydrogen) atoms. The molecule has 1 unspecified atom stereocenters. The number of halogens is 4. The van der Waals surface area contributed by atoms with E-state index in [1.807, 2.05) is 18.7 Å². The van der Waals surface area contributed by atoms with E-state index >= 15 is 0 Å². The van der Waals surface area contributed by atoms with Crippen LogP contribution in [0.1, 0.15) is 37.0 Å². The summed E-state index contributed by atoms with van der Waals surface area (Å²) < 4.78 is 33.1. The van der Waals surface area contributed by atoms with Crippen molar-refractivity contribution in [3.63, 3.8) is 0 Å². The van der Waals surface area contributed by atoms with E-state index in [4.69, 9.17) is 27.9 Å². The molecule has 1 aliphatic rings. The maximum atomic E-state index is 13.7. The maximum absolute atomic E-state index is 13.7. The van der Waals surface area contributed by atoms with Gasteiger partial charge in [-0.05, 0) is 44.2 Å². The van der Waals surface area contributed by atoms with Crippen molar-refractivity contribution in [3.8, 4) is 5.75 Å². The molecule has 1 saturated heterocycles. The van der Waals surface area contributed by atoms with Crippen LogP contribution in [0.3, 0.4) is 0 Å². The van der Waals surface area contributed by atoms with Crippen molar-refractivity contribution in [3.05, 3.63) is 57.6 Å². The summed E-state index contributed by atoms with van der Waals surface area (Å²) in [6.07, 6.45) is 2.19. The number of benzene rings is 2. The zero-order valence-corrected chi connectivity index (χ0v) is 18.2. The van der Waals surface area contributed by atoms with Gasteiger partial charge >= 0.3 is 0 Å². The molecule has 2 N–H and O–H groups in total. The first-order valence-corrected chi connectivity index (χ1v) is 10.1. The van der Waals surface area contributed by atoms with Crippen LogP contribution in [-0.4, -0.2) is 32.5 Å². The van der Waals surface area contributed by atoms with Gasteiger partial charge in [0.15, 0.2) is 6.29 Å². The van der Waals surface area contributed by atoms with Crippen LogP contribution < -0.4 is 15.4 Å². The van der Waals surface area contributed by atoms with E-state index in [1.54, 1.807) is 6.07 Å². The van der Waals surface area contributed by atoms with Gasteiger partial charge in [-0.1, -0.05) is 37.0 Å². The Hall–Kier alpha value is -1.89. The van der Waals surface area contributed by atoms with Gasteiger partial charge in [0.25, 0.3) is 0 Å². The molecule has 0 bridgehead atoms. The van der Waals surface area contributed by atoms with Gasteiger partial charge in [0.05, 0.1) is 21.7 Å². The third-order valence-corrected chi connectivity index (χ3v) is 4.82. The molecule has 2 aromatic rings. The number of carbonyl (C=O) groups is 1. The highest BCUT2D eigenvalue weighted by molar-refractivity contribution is 6.32. The van der Waals surface area contributed by atoms with Crippen molar-refractivity contribution in [1.82, 2.24) is 0 Å². The van der Waals surface area contributed by atoms with Gasteiger partial charge in [0.2, 0.25) is 0 Å². The highest BCUT2D eigenvalue weighted by Gasteiger charge is 2.26. The van der Waals surface area contributed by atoms with Crippen LogP contribution in [0.15, 0.2) is 30.3 Å². The maximum Gasteiger partial charge on any atom is 0.153 e. The predicted octanol–water partition coefficient (Wildman–Crippen LogP) is 5.73. The minimum Gasteiger partial charge on any atom is -0.490 e. The Morgan fingerprint density at radius 2 is 1.83 bits per heavy atom. The van der Waals surface area contributed by atoms with Crippen LogP contribution in [0.25, 0.3) is 0 Å². The number of ether oxygens (including phenoxy) is 1. The van der Waals surface area contributed by atoms with E-state index in [0.29, 0.717) is 6.29 Å². The normalized spacial score (nSPS) is 15.0. The van der Waals surface area contributed by atoms with Gasteiger partial charge in [-0.15, -0.1) is 0 Å². The van der Waals surface area contributed by atoms with Gasteiger partial charge in [-0.3, -0.25) is 4.79 Å². The van der Waals surface area contributed by atoms with Gasteiger partial charge in [0.1, 0.15) is 24.0 Å². The molecule has 1 heterocycles. The lowest BCUT2D eigenvalue weighted by atomic mass is 10.2. The van der Waals surface area contributed by atoms with Gasteiger partial charge < -0.3 is 15.4 Å². The lowest BCUT2D eigenvalue weighted by molar-refractivity contribution is 0.111. The summed E-state index contributed by atoms with van der Waals surface area (Å²) in [7, 11) is 1.50. The number of aldehydes is 1. The molecule has 1 fully saturated rings. The minimum atomic E-state index is -0.683. The van der Waals surface area contributed by atoms with Gasteiger partial charge in [-0.2, -0.15) is 0 Å². The fourth-order valence-electron chi connectivity index (χ4n) is 2.94. The molecule has 0 amide bonds. The average molecular weight is 447 g/mol. The third kappa shape index (κ3) is 6.56. The Morgan fingerprint density at radius 1 is 1.14 bits per heavy atom.